The number of ether oxygens (including phenoxy) is 1. The average molecular weight is 352 g/mol. The van der Waals surface area contributed by atoms with Gasteiger partial charge >= 0.3 is 0 Å². The molecule has 2 amide bonds. The molecule has 1 aromatic carbocycles. The third-order valence-corrected chi connectivity index (χ3v) is 4.75. The van der Waals surface area contributed by atoms with Crippen LogP contribution in [0.1, 0.15) is 11.4 Å². The monoisotopic (exact) mass is 352 g/mol. The minimum absolute atomic E-state index is 0.0134. The first kappa shape index (κ1) is 16.9. The molecule has 2 aromatic rings. The highest BCUT2D eigenvalue weighted by molar-refractivity contribution is 8.18. The summed E-state index contributed by atoms with van der Waals surface area (Å²) >= 11 is 0.905. The number of carbonyl (C=O) groups is 2. The molecule has 0 spiro atoms. The first-order valence-corrected chi connectivity index (χ1v) is 8.38. The van der Waals surface area contributed by atoms with Crippen molar-refractivity contribution in [3.05, 3.63) is 52.7 Å². The summed E-state index contributed by atoms with van der Waals surface area (Å²) in [4.78, 5) is 25.7. The lowest BCUT2D eigenvalue weighted by Crippen LogP contribution is -2.28. The Balaban J connectivity index is 1.98. The summed E-state index contributed by atoms with van der Waals surface area (Å²) in [5, 5.41) is -0.339. The number of hydrogen-bond acceptors (Lipinski definition) is 4. The number of terminal acetylenes is 1. The van der Waals surface area contributed by atoms with Gasteiger partial charge in [0.05, 0.1) is 18.6 Å². The van der Waals surface area contributed by atoms with Gasteiger partial charge in [0.2, 0.25) is 0 Å². The Hall–Kier alpha value is -2.91. The minimum atomic E-state index is -0.354. The van der Waals surface area contributed by atoms with Crippen molar-refractivity contribution in [3.8, 4) is 23.8 Å². The van der Waals surface area contributed by atoms with Gasteiger partial charge in [-0.25, -0.2) is 0 Å². The van der Waals surface area contributed by atoms with Gasteiger partial charge in [-0.05, 0) is 61.2 Å². The summed E-state index contributed by atoms with van der Waals surface area (Å²) < 4.78 is 7.20. The van der Waals surface area contributed by atoms with Crippen LogP contribution in [0.5, 0.6) is 5.75 Å². The number of aryl methyl sites for hydroxylation is 1. The van der Waals surface area contributed by atoms with Gasteiger partial charge in [0.25, 0.3) is 11.1 Å². The normalized spacial score (nSPS) is 15.7. The lowest BCUT2D eigenvalue weighted by Gasteiger charge is -2.11. The van der Waals surface area contributed by atoms with Crippen LogP contribution >= 0.6 is 11.8 Å². The van der Waals surface area contributed by atoms with E-state index in [1.54, 1.807) is 13.2 Å². The van der Waals surface area contributed by atoms with Crippen molar-refractivity contribution in [3.63, 3.8) is 0 Å². The largest absolute Gasteiger partial charge is 0.497 e. The van der Waals surface area contributed by atoms with Crippen LogP contribution in [0, 0.1) is 19.3 Å². The van der Waals surface area contributed by atoms with E-state index in [1.165, 1.54) is 0 Å². The number of imide groups is 1. The number of benzene rings is 1. The van der Waals surface area contributed by atoms with E-state index >= 15 is 0 Å². The number of thioether (sulfide) groups is 1. The molecule has 0 saturated carbocycles. The van der Waals surface area contributed by atoms with E-state index in [2.05, 4.69) is 5.92 Å². The quantitative estimate of drug-likeness (QED) is 0.625. The number of aromatic nitrogens is 1. The summed E-state index contributed by atoms with van der Waals surface area (Å²) in [6.07, 6.45) is 6.94. The predicted molar refractivity (Wildman–Crippen MR) is 98.6 cm³/mol. The van der Waals surface area contributed by atoms with Crippen molar-refractivity contribution in [2.75, 3.05) is 13.7 Å². The van der Waals surface area contributed by atoms with Crippen LogP contribution in [0.2, 0.25) is 0 Å². The first-order chi connectivity index (χ1) is 12.0. The smallest absolute Gasteiger partial charge is 0.294 e. The standard InChI is InChI=1S/C19H16N2O3S/c1-4-11-20-18(22)17(25-19(20)23)12-15-6-5-13(2)21(15)14-7-9-16(24-3)10-8-14/h1,5-10,12H,11H2,2-3H3/b17-12-. The van der Waals surface area contributed by atoms with Gasteiger partial charge in [0.15, 0.2) is 0 Å². The number of hydrogen-bond donors (Lipinski definition) is 0. The molecule has 1 saturated heterocycles. The molecule has 2 heterocycles. The molecule has 0 bridgehead atoms. The fourth-order valence-corrected chi connectivity index (χ4v) is 3.44. The number of rotatable bonds is 4. The van der Waals surface area contributed by atoms with Gasteiger partial charge in [-0.15, -0.1) is 6.42 Å². The maximum absolute atomic E-state index is 12.3. The van der Waals surface area contributed by atoms with Crippen LogP contribution < -0.4 is 4.74 Å². The number of carbonyl (C=O) groups excluding carboxylic acids is 2. The third-order valence-electron chi connectivity index (χ3n) is 3.84. The summed E-state index contributed by atoms with van der Waals surface area (Å²) in [7, 11) is 1.62. The Kier molecular flexibility index (Phi) is 4.68. The number of amides is 2. The number of nitrogens with zero attached hydrogens (tertiary/aromatic N) is 2. The lowest BCUT2D eigenvalue weighted by molar-refractivity contribution is -0.122. The molecule has 0 unspecified atom stereocenters. The predicted octanol–water partition coefficient (Wildman–Crippen LogP) is 3.46. The minimum Gasteiger partial charge on any atom is -0.497 e. The van der Waals surface area contributed by atoms with E-state index in [0.29, 0.717) is 4.91 Å². The van der Waals surface area contributed by atoms with E-state index in [-0.39, 0.29) is 17.7 Å². The maximum atomic E-state index is 12.3. The molecular formula is C19H16N2O3S. The van der Waals surface area contributed by atoms with E-state index in [0.717, 1.165) is 39.5 Å². The van der Waals surface area contributed by atoms with Crippen molar-refractivity contribution in [1.29, 1.82) is 0 Å². The van der Waals surface area contributed by atoms with Crippen LogP contribution in [0.25, 0.3) is 11.8 Å². The molecule has 25 heavy (non-hydrogen) atoms. The van der Waals surface area contributed by atoms with E-state index in [4.69, 9.17) is 11.2 Å². The van der Waals surface area contributed by atoms with Crippen molar-refractivity contribution in [2.45, 2.75) is 6.92 Å². The summed E-state index contributed by atoms with van der Waals surface area (Å²) in [5.41, 5.74) is 2.77. The second-order valence-electron chi connectivity index (χ2n) is 5.40. The topological polar surface area (TPSA) is 51.5 Å². The van der Waals surface area contributed by atoms with Crippen LogP contribution in [-0.2, 0) is 4.79 Å². The fourth-order valence-electron chi connectivity index (χ4n) is 2.62. The zero-order valence-electron chi connectivity index (χ0n) is 13.9. The molecule has 0 N–H and O–H groups in total. The summed E-state index contributed by atoms with van der Waals surface area (Å²) in [5.74, 6) is 2.75. The Morgan fingerprint density at radius 1 is 1.20 bits per heavy atom. The zero-order chi connectivity index (χ0) is 18.0. The highest BCUT2D eigenvalue weighted by atomic mass is 32.2. The Morgan fingerprint density at radius 2 is 1.92 bits per heavy atom. The highest BCUT2D eigenvalue weighted by Gasteiger charge is 2.34. The molecule has 0 radical (unpaired) electrons. The zero-order valence-corrected chi connectivity index (χ0v) is 14.7. The van der Waals surface area contributed by atoms with Crippen LogP contribution in [0.15, 0.2) is 41.3 Å². The van der Waals surface area contributed by atoms with Gasteiger partial charge in [0.1, 0.15) is 5.75 Å². The molecule has 3 rings (SSSR count). The Labute approximate surface area is 150 Å². The molecule has 6 heteroatoms. The maximum Gasteiger partial charge on any atom is 0.294 e. The third kappa shape index (κ3) is 3.19. The lowest BCUT2D eigenvalue weighted by atomic mass is 10.2. The van der Waals surface area contributed by atoms with Crippen LogP contribution in [0.3, 0.4) is 0 Å². The first-order valence-electron chi connectivity index (χ1n) is 7.56. The van der Waals surface area contributed by atoms with Gasteiger partial charge in [-0.2, -0.15) is 0 Å². The van der Waals surface area contributed by atoms with Crippen molar-refractivity contribution < 1.29 is 14.3 Å². The van der Waals surface area contributed by atoms with Crippen molar-refractivity contribution in [1.82, 2.24) is 9.47 Å². The van der Waals surface area contributed by atoms with Gasteiger partial charge in [-0.1, -0.05) is 5.92 Å². The van der Waals surface area contributed by atoms with E-state index in [1.807, 2.05) is 47.9 Å². The molecule has 0 atom stereocenters. The van der Waals surface area contributed by atoms with Crippen molar-refractivity contribution in [2.24, 2.45) is 0 Å². The number of methoxy groups -OCH3 is 1. The molecule has 1 aliphatic heterocycles. The van der Waals surface area contributed by atoms with Gasteiger partial charge < -0.3 is 9.30 Å². The molecule has 5 nitrogen and oxygen atoms in total. The highest BCUT2D eigenvalue weighted by Crippen LogP contribution is 2.32. The fraction of sp³-hybridized carbons (Fsp3) is 0.158. The van der Waals surface area contributed by atoms with E-state index in [9.17, 15) is 9.59 Å². The Morgan fingerprint density at radius 3 is 2.56 bits per heavy atom. The van der Waals surface area contributed by atoms with Crippen LogP contribution in [-0.4, -0.2) is 34.3 Å². The van der Waals surface area contributed by atoms with Gasteiger partial charge in [-0.3, -0.25) is 14.5 Å². The molecule has 1 aliphatic rings. The molecule has 1 fully saturated rings. The SMILES string of the molecule is C#CCN1C(=O)S/C(=C\c2ccc(C)n2-c2ccc(OC)cc2)C1=O. The molecule has 126 valence electrons. The second kappa shape index (κ2) is 6.91. The Bertz CT molecular complexity index is 904. The van der Waals surface area contributed by atoms with Crippen molar-refractivity contribution >= 4 is 29.0 Å². The molecular weight excluding hydrogens is 336 g/mol. The van der Waals surface area contributed by atoms with Crippen LogP contribution in [0.4, 0.5) is 4.79 Å². The molecule has 1 aromatic heterocycles. The average Bonchev–Trinajstić information content (AvgIpc) is 3.10. The summed E-state index contributed by atoms with van der Waals surface area (Å²) in [6, 6.07) is 11.5. The second-order valence-corrected chi connectivity index (χ2v) is 6.40. The van der Waals surface area contributed by atoms with Gasteiger partial charge in [0, 0.05) is 17.1 Å². The van der Waals surface area contributed by atoms with E-state index < -0.39 is 0 Å². The molecule has 0 aliphatic carbocycles. The summed E-state index contributed by atoms with van der Waals surface area (Å²) in [6.45, 7) is 1.96.